The topological polar surface area (TPSA) is 38.3 Å². The third-order valence-corrected chi connectivity index (χ3v) is 3.28. The number of para-hydroxylation sites is 1. The maximum atomic E-state index is 12.1. The minimum atomic E-state index is -0.154. The molecule has 1 N–H and O–H groups in total. The number of aryl methyl sites for hydroxylation is 1. The maximum absolute atomic E-state index is 12.1. The van der Waals surface area contributed by atoms with Crippen LogP contribution in [0.5, 0.6) is 5.75 Å². The second-order valence-corrected chi connectivity index (χ2v) is 5.40. The van der Waals surface area contributed by atoms with E-state index in [0.717, 1.165) is 11.3 Å². The highest BCUT2D eigenvalue weighted by Gasteiger charge is 2.11. The van der Waals surface area contributed by atoms with Crippen LogP contribution >= 0.6 is 11.6 Å². The second kappa shape index (κ2) is 7.14. The smallest absolute Gasteiger partial charge is 0.251 e. The quantitative estimate of drug-likeness (QED) is 0.911. The monoisotopic (exact) mass is 303 g/mol. The summed E-state index contributed by atoms with van der Waals surface area (Å²) in [4.78, 5) is 12.1. The predicted octanol–water partition coefficient (Wildman–Crippen LogP) is 3.85. The van der Waals surface area contributed by atoms with Crippen molar-refractivity contribution < 1.29 is 9.53 Å². The third-order valence-electron chi connectivity index (χ3n) is 3.05. The van der Waals surface area contributed by atoms with Gasteiger partial charge in [-0.25, -0.2) is 0 Å². The molecule has 0 aromatic heterocycles. The van der Waals surface area contributed by atoms with Gasteiger partial charge in [0.15, 0.2) is 0 Å². The summed E-state index contributed by atoms with van der Waals surface area (Å²) in [6.07, 6.45) is 0. The Hall–Kier alpha value is -2.00. The summed E-state index contributed by atoms with van der Waals surface area (Å²) >= 11 is 5.88. The van der Waals surface area contributed by atoms with Crippen LogP contribution in [0.15, 0.2) is 48.5 Å². The van der Waals surface area contributed by atoms with E-state index in [2.05, 4.69) is 5.32 Å². The van der Waals surface area contributed by atoms with Gasteiger partial charge in [0.1, 0.15) is 12.4 Å². The Kier molecular flexibility index (Phi) is 5.23. The van der Waals surface area contributed by atoms with Crippen LogP contribution in [0.25, 0.3) is 0 Å². The number of ether oxygens (including phenoxy) is 1. The van der Waals surface area contributed by atoms with Gasteiger partial charge in [0.25, 0.3) is 5.91 Å². The van der Waals surface area contributed by atoms with Crippen LogP contribution in [0.3, 0.4) is 0 Å². The van der Waals surface area contributed by atoms with Crippen molar-refractivity contribution >= 4 is 17.5 Å². The maximum Gasteiger partial charge on any atom is 0.251 e. The van der Waals surface area contributed by atoms with Crippen molar-refractivity contribution in [2.45, 2.75) is 19.9 Å². The molecule has 0 saturated heterocycles. The molecule has 0 heterocycles. The lowest BCUT2D eigenvalue weighted by Gasteiger charge is -2.16. The van der Waals surface area contributed by atoms with Gasteiger partial charge in [0.05, 0.1) is 6.04 Å². The van der Waals surface area contributed by atoms with E-state index >= 15 is 0 Å². The van der Waals surface area contributed by atoms with Gasteiger partial charge in [-0.1, -0.05) is 35.9 Å². The minimum absolute atomic E-state index is 0.101. The van der Waals surface area contributed by atoms with Crippen LogP contribution in [0.2, 0.25) is 5.02 Å². The number of halogens is 1. The van der Waals surface area contributed by atoms with E-state index in [4.69, 9.17) is 16.3 Å². The first-order valence-corrected chi connectivity index (χ1v) is 7.19. The van der Waals surface area contributed by atoms with Crippen LogP contribution in [-0.2, 0) is 0 Å². The molecule has 0 aliphatic heterocycles. The van der Waals surface area contributed by atoms with E-state index in [9.17, 15) is 4.79 Å². The molecule has 0 radical (unpaired) electrons. The molecule has 0 unspecified atom stereocenters. The summed E-state index contributed by atoms with van der Waals surface area (Å²) < 4.78 is 5.72. The van der Waals surface area contributed by atoms with Gasteiger partial charge < -0.3 is 10.1 Å². The molecule has 4 heteroatoms. The number of rotatable bonds is 5. The highest BCUT2D eigenvalue weighted by atomic mass is 35.5. The highest BCUT2D eigenvalue weighted by Crippen LogP contribution is 2.16. The van der Waals surface area contributed by atoms with Crippen molar-refractivity contribution in [3.63, 3.8) is 0 Å². The van der Waals surface area contributed by atoms with Crippen molar-refractivity contribution in [1.29, 1.82) is 0 Å². The second-order valence-electron chi connectivity index (χ2n) is 4.96. The largest absolute Gasteiger partial charge is 0.491 e. The fraction of sp³-hybridized carbons (Fsp3) is 0.235. The SMILES string of the molecule is Cc1ccccc1OC[C@@H](C)NC(=O)c1cccc(Cl)c1. The van der Waals surface area contributed by atoms with Crippen molar-refractivity contribution in [3.8, 4) is 5.75 Å². The van der Waals surface area contributed by atoms with Gasteiger partial charge in [-0.15, -0.1) is 0 Å². The van der Waals surface area contributed by atoms with Crippen LogP contribution in [0.1, 0.15) is 22.8 Å². The molecule has 0 saturated carbocycles. The van der Waals surface area contributed by atoms with E-state index < -0.39 is 0 Å². The zero-order valence-electron chi connectivity index (χ0n) is 12.1. The number of carbonyl (C=O) groups excluding carboxylic acids is 1. The molecule has 3 nitrogen and oxygen atoms in total. The first-order valence-electron chi connectivity index (χ1n) is 6.81. The molecule has 0 aliphatic rings. The first-order chi connectivity index (χ1) is 10.1. The molecule has 2 aromatic rings. The van der Waals surface area contributed by atoms with Crippen LogP contribution in [0.4, 0.5) is 0 Å². The van der Waals surface area contributed by atoms with E-state index in [1.807, 2.05) is 38.1 Å². The van der Waals surface area contributed by atoms with E-state index in [1.54, 1.807) is 24.3 Å². The lowest BCUT2D eigenvalue weighted by Crippen LogP contribution is -2.36. The minimum Gasteiger partial charge on any atom is -0.491 e. The van der Waals surface area contributed by atoms with Crippen LogP contribution in [-0.4, -0.2) is 18.6 Å². The molecule has 0 spiro atoms. The van der Waals surface area contributed by atoms with E-state index in [1.165, 1.54) is 0 Å². The summed E-state index contributed by atoms with van der Waals surface area (Å²) in [6.45, 7) is 4.31. The third kappa shape index (κ3) is 4.50. The molecule has 0 fully saturated rings. The van der Waals surface area contributed by atoms with Crippen molar-refractivity contribution in [1.82, 2.24) is 5.32 Å². The van der Waals surface area contributed by atoms with Gasteiger partial charge >= 0.3 is 0 Å². The molecule has 1 atom stereocenters. The number of benzene rings is 2. The average molecular weight is 304 g/mol. The zero-order valence-corrected chi connectivity index (χ0v) is 12.9. The summed E-state index contributed by atoms with van der Waals surface area (Å²) in [5.41, 5.74) is 1.62. The molecule has 1 amide bonds. The summed E-state index contributed by atoms with van der Waals surface area (Å²) in [5.74, 6) is 0.680. The summed E-state index contributed by atoms with van der Waals surface area (Å²) in [5, 5.41) is 3.44. The molecule has 110 valence electrons. The zero-order chi connectivity index (χ0) is 15.2. The Bertz CT molecular complexity index is 628. The van der Waals surface area contributed by atoms with Gasteiger partial charge in [-0.05, 0) is 43.7 Å². The lowest BCUT2D eigenvalue weighted by atomic mass is 10.2. The van der Waals surface area contributed by atoms with Gasteiger partial charge in [0, 0.05) is 10.6 Å². The first kappa shape index (κ1) is 15.4. The van der Waals surface area contributed by atoms with Crippen LogP contribution in [0, 0.1) is 6.92 Å². The lowest BCUT2D eigenvalue weighted by molar-refractivity contribution is 0.0926. The average Bonchev–Trinajstić information content (AvgIpc) is 2.46. The Morgan fingerprint density at radius 1 is 1.24 bits per heavy atom. The molecular weight excluding hydrogens is 286 g/mol. The Morgan fingerprint density at radius 3 is 2.71 bits per heavy atom. The molecule has 0 bridgehead atoms. The fourth-order valence-electron chi connectivity index (χ4n) is 1.91. The molecule has 21 heavy (non-hydrogen) atoms. The molecule has 2 aromatic carbocycles. The fourth-order valence-corrected chi connectivity index (χ4v) is 2.10. The van der Waals surface area contributed by atoms with Crippen molar-refractivity contribution in [3.05, 3.63) is 64.7 Å². The van der Waals surface area contributed by atoms with Gasteiger partial charge in [-0.2, -0.15) is 0 Å². The van der Waals surface area contributed by atoms with E-state index in [-0.39, 0.29) is 11.9 Å². The molecule has 2 rings (SSSR count). The summed E-state index contributed by atoms with van der Waals surface area (Å²) in [7, 11) is 0. The Morgan fingerprint density at radius 2 is 2.00 bits per heavy atom. The number of carbonyl (C=O) groups is 1. The standard InChI is InChI=1S/C17H18ClNO2/c1-12-6-3-4-9-16(12)21-11-13(2)19-17(20)14-7-5-8-15(18)10-14/h3-10,13H,11H2,1-2H3,(H,19,20)/t13-/m1/s1. The summed E-state index contributed by atoms with van der Waals surface area (Å²) in [6, 6.07) is 14.6. The number of hydrogen-bond donors (Lipinski definition) is 1. The predicted molar refractivity (Wildman–Crippen MR) is 85.1 cm³/mol. The normalized spacial score (nSPS) is 11.8. The van der Waals surface area contributed by atoms with Crippen molar-refractivity contribution in [2.24, 2.45) is 0 Å². The van der Waals surface area contributed by atoms with Gasteiger partial charge in [-0.3, -0.25) is 4.79 Å². The molecule has 0 aliphatic carbocycles. The van der Waals surface area contributed by atoms with Crippen molar-refractivity contribution in [2.75, 3.05) is 6.61 Å². The van der Waals surface area contributed by atoms with E-state index in [0.29, 0.717) is 17.2 Å². The van der Waals surface area contributed by atoms with Crippen LogP contribution < -0.4 is 10.1 Å². The molecular formula is C17H18ClNO2. The van der Waals surface area contributed by atoms with Gasteiger partial charge in [0.2, 0.25) is 0 Å². The number of amides is 1. The Labute approximate surface area is 129 Å². The highest BCUT2D eigenvalue weighted by molar-refractivity contribution is 6.30. The number of hydrogen-bond acceptors (Lipinski definition) is 2. The number of nitrogens with one attached hydrogen (secondary N) is 1. The Balaban J connectivity index is 1.88.